The molecular weight excluding hydrogens is 296 g/mol. The van der Waals surface area contributed by atoms with Crippen LogP contribution < -0.4 is 4.90 Å². The van der Waals surface area contributed by atoms with Gasteiger partial charge in [0.2, 0.25) is 0 Å². The van der Waals surface area contributed by atoms with Crippen LogP contribution in [-0.4, -0.2) is 17.0 Å². The lowest BCUT2D eigenvalue weighted by atomic mass is 9.97. The normalized spacial score (nSPS) is 13.6. The molecule has 2 heterocycles. The first-order valence-corrected chi connectivity index (χ1v) is 8.38. The molecule has 4 rings (SSSR count). The molecule has 0 bridgehead atoms. The van der Waals surface area contributed by atoms with Gasteiger partial charge in [-0.3, -0.25) is 4.79 Å². The second-order valence-electron chi connectivity index (χ2n) is 6.28. The number of para-hydroxylation sites is 1. The van der Waals surface area contributed by atoms with Gasteiger partial charge in [-0.15, -0.1) is 0 Å². The minimum Gasteiger partial charge on any atom is -0.324 e. The fraction of sp³-hybridized carbons (Fsp3) is 0.190. The van der Waals surface area contributed by atoms with Crippen LogP contribution in [0.5, 0.6) is 0 Å². The van der Waals surface area contributed by atoms with E-state index in [1.165, 1.54) is 11.1 Å². The van der Waals surface area contributed by atoms with E-state index in [1.54, 1.807) is 0 Å². The van der Waals surface area contributed by atoms with Crippen molar-refractivity contribution < 1.29 is 4.79 Å². The van der Waals surface area contributed by atoms with Crippen LogP contribution in [-0.2, 0) is 6.42 Å². The van der Waals surface area contributed by atoms with Gasteiger partial charge in [0, 0.05) is 30.2 Å². The van der Waals surface area contributed by atoms with Crippen molar-refractivity contribution in [1.82, 2.24) is 4.57 Å². The van der Waals surface area contributed by atoms with Crippen LogP contribution in [0.25, 0.3) is 5.69 Å². The largest absolute Gasteiger partial charge is 0.324 e. The first-order valence-electron chi connectivity index (χ1n) is 8.38. The Hall–Kier alpha value is -2.81. The van der Waals surface area contributed by atoms with Crippen LogP contribution >= 0.6 is 0 Å². The molecule has 3 heteroatoms. The Balaban J connectivity index is 1.72. The molecule has 24 heavy (non-hydrogen) atoms. The Morgan fingerprint density at radius 2 is 1.79 bits per heavy atom. The summed E-state index contributed by atoms with van der Waals surface area (Å²) in [6, 6.07) is 18.1. The summed E-state index contributed by atoms with van der Waals surface area (Å²) in [5, 5.41) is 0. The van der Waals surface area contributed by atoms with Gasteiger partial charge in [-0.25, -0.2) is 0 Å². The van der Waals surface area contributed by atoms with Crippen molar-refractivity contribution >= 4 is 11.6 Å². The standard InChI is InChI=1S/C21H20N2O/c1-16-7-4-8-17-10-6-14-23(20(16)17)21(24)18-9-5-11-19(15-18)22-12-2-3-13-22/h2-5,7-9,11-13,15H,6,10,14H2,1H3. The minimum atomic E-state index is 0.0826. The summed E-state index contributed by atoms with van der Waals surface area (Å²) < 4.78 is 2.02. The van der Waals surface area contributed by atoms with E-state index >= 15 is 0 Å². The second-order valence-corrected chi connectivity index (χ2v) is 6.28. The van der Waals surface area contributed by atoms with Gasteiger partial charge in [0.15, 0.2) is 0 Å². The average Bonchev–Trinajstić information content (AvgIpc) is 3.16. The highest BCUT2D eigenvalue weighted by atomic mass is 16.2. The lowest BCUT2D eigenvalue weighted by Crippen LogP contribution is -2.36. The zero-order valence-electron chi connectivity index (χ0n) is 13.8. The van der Waals surface area contributed by atoms with Crippen LogP contribution in [0, 0.1) is 6.92 Å². The van der Waals surface area contributed by atoms with Gasteiger partial charge >= 0.3 is 0 Å². The predicted molar refractivity (Wildman–Crippen MR) is 96.9 cm³/mol. The number of aromatic nitrogens is 1. The summed E-state index contributed by atoms with van der Waals surface area (Å²) in [4.78, 5) is 15.1. The molecule has 0 radical (unpaired) electrons. The van der Waals surface area contributed by atoms with E-state index in [9.17, 15) is 4.79 Å². The third-order valence-corrected chi connectivity index (χ3v) is 4.66. The third-order valence-electron chi connectivity index (χ3n) is 4.66. The van der Waals surface area contributed by atoms with Gasteiger partial charge in [-0.05, 0) is 61.2 Å². The molecule has 0 N–H and O–H groups in total. The van der Waals surface area contributed by atoms with E-state index in [1.807, 2.05) is 58.3 Å². The molecule has 1 aromatic heterocycles. The van der Waals surface area contributed by atoms with Crippen LogP contribution in [0.15, 0.2) is 67.0 Å². The molecule has 2 aromatic carbocycles. The fourth-order valence-electron chi connectivity index (χ4n) is 3.51. The third kappa shape index (κ3) is 2.52. The van der Waals surface area contributed by atoms with E-state index in [2.05, 4.69) is 25.1 Å². The molecule has 0 saturated carbocycles. The summed E-state index contributed by atoms with van der Waals surface area (Å²) in [5.41, 5.74) is 5.28. The lowest BCUT2D eigenvalue weighted by molar-refractivity contribution is 0.0985. The lowest BCUT2D eigenvalue weighted by Gasteiger charge is -2.31. The number of hydrogen-bond acceptors (Lipinski definition) is 1. The molecule has 1 aliphatic rings. The SMILES string of the molecule is Cc1cccc2c1N(C(=O)c1cccc(-n3cccc3)c1)CCC2. The minimum absolute atomic E-state index is 0.0826. The van der Waals surface area contributed by atoms with E-state index in [-0.39, 0.29) is 5.91 Å². The summed E-state index contributed by atoms with van der Waals surface area (Å²) in [6.45, 7) is 2.87. The van der Waals surface area contributed by atoms with Crippen LogP contribution in [0.1, 0.15) is 27.9 Å². The number of amides is 1. The number of carbonyl (C=O) groups excluding carboxylic acids is 1. The van der Waals surface area contributed by atoms with Crippen molar-refractivity contribution in [3.63, 3.8) is 0 Å². The van der Waals surface area contributed by atoms with Gasteiger partial charge in [-0.2, -0.15) is 0 Å². The van der Waals surface area contributed by atoms with Crippen molar-refractivity contribution in [3.05, 3.63) is 83.7 Å². The smallest absolute Gasteiger partial charge is 0.258 e. The summed E-state index contributed by atoms with van der Waals surface area (Å²) >= 11 is 0. The van der Waals surface area contributed by atoms with Crippen molar-refractivity contribution in [1.29, 1.82) is 0 Å². The number of rotatable bonds is 2. The van der Waals surface area contributed by atoms with Gasteiger partial charge in [0.05, 0.1) is 5.69 Å². The number of anilines is 1. The van der Waals surface area contributed by atoms with Gasteiger partial charge in [0.25, 0.3) is 5.91 Å². The molecule has 120 valence electrons. The zero-order valence-corrected chi connectivity index (χ0v) is 13.8. The maximum atomic E-state index is 13.2. The quantitative estimate of drug-likeness (QED) is 0.689. The summed E-state index contributed by atoms with van der Waals surface area (Å²) in [7, 11) is 0. The highest BCUT2D eigenvalue weighted by molar-refractivity contribution is 6.07. The summed E-state index contributed by atoms with van der Waals surface area (Å²) in [5.74, 6) is 0.0826. The molecule has 0 aliphatic carbocycles. The monoisotopic (exact) mass is 316 g/mol. The summed E-state index contributed by atoms with van der Waals surface area (Å²) in [6.07, 6.45) is 6.04. The van der Waals surface area contributed by atoms with Crippen LogP contribution in [0.4, 0.5) is 5.69 Å². The first-order chi connectivity index (χ1) is 11.7. The molecule has 0 unspecified atom stereocenters. The molecule has 3 aromatic rings. The Bertz CT molecular complexity index is 881. The number of fused-ring (bicyclic) bond motifs is 1. The van der Waals surface area contributed by atoms with E-state index in [4.69, 9.17) is 0 Å². The molecule has 0 fully saturated rings. The highest BCUT2D eigenvalue weighted by Crippen LogP contribution is 2.31. The highest BCUT2D eigenvalue weighted by Gasteiger charge is 2.25. The van der Waals surface area contributed by atoms with E-state index in [0.717, 1.165) is 36.3 Å². The Morgan fingerprint density at radius 3 is 2.62 bits per heavy atom. The van der Waals surface area contributed by atoms with Crippen LogP contribution in [0.3, 0.4) is 0 Å². The van der Waals surface area contributed by atoms with Gasteiger partial charge in [-0.1, -0.05) is 24.3 Å². The molecule has 1 aliphatic heterocycles. The number of carbonyl (C=O) groups is 1. The predicted octanol–water partition coefficient (Wildman–Crippen LogP) is 4.38. The maximum absolute atomic E-state index is 13.2. The average molecular weight is 316 g/mol. The number of hydrogen-bond donors (Lipinski definition) is 0. The molecule has 0 atom stereocenters. The second kappa shape index (κ2) is 6.00. The van der Waals surface area contributed by atoms with Crippen molar-refractivity contribution in [2.45, 2.75) is 19.8 Å². The number of benzene rings is 2. The maximum Gasteiger partial charge on any atom is 0.258 e. The Labute approximate surface area is 142 Å². The molecule has 0 saturated heterocycles. The molecule has 3 nitrogen and oxygen atoms in total. The van der Waals surface area contributed by atoms with E-state index in [0.29, 0.717) is 0 Å². The Kier molecular flexibility index (Phi) is 3.69. The molecule has 1 amide bonds. The van der Waals surface area contributed by atoms with Crippen molar-refractivity contribution in [2.24, 2.45) is 0 Å². The van der Waals surface area contributed by atoms with Gasteiger partial charge < -0.3 is 9.47 Å². The number of aryl methyl sites for hydroxylation is 2. The topological polar surface area (TPSA) is 25.2 Å². The molecular formula is C21H20N2O. The Morgan fingerprint density at radius 1 is 1.00 bits per heavy atom. The fourth-order valence-corrected chi connectivity index (χ4v) is 3.51. The molecule has 0 spiro atoms. The van der Waals surface area contributed by atoms with Crippen molar-refractivity contribution in [3.8, 4) is 5.69 Å². The van der Waals surface area contributed by atoms with Crippen LogP contribution in [0.2, 0.25) is 0 Å². The van der Waals surface area contributed by atoms with E-state index < -0.39 is 0 Å². The van der Waals surface area contributed by atoms with Crippen molar-refractivity contribution in [2.75, 3.05) is 11.4 Å². The first kappa shape index (κ1) is 14.8. The van der Waals surface area contributed by atoms with Gasteiger partial charge in [0.1, 0.15) is 0 Å². The zero-order chi connectivity index (χ0) is 16.5. The number of nitrogens with zero attached hydrogens (tertiary/aromatic N) is 2.